The van der Waals surface area contributed by atoms with E-state index in [1.165, 1.54) is 75.1 Å². The van der Waals surface area contributed by atoms with Gasteiger partial charge >= 0.3 is 5.97 Å². The van der Waals surface area contributed by atoms with E-state index in [4.69, 9.17) is 11.1 Å². The summed E-state index contributed by atoms with van der Waals surface area (Å²) in [6.07, 6.45) is 13.8. The largest absolute Gasteiger partial charge is 0.465 e. The van der Waals surface area contributed by atoms with Crippen molar-refractivity contribution in [2.45, 2.75) is 44.4 Å². The number of nitrogens with one attached hydrogen (secondary N) is 3. The smallest absolute Gasteiger partial charge is 0.325 e. The van der Waals surface area contributed by atoms with E-state index >= 15 is 0 Å². The minimum absolute atomic E-state index is 0. The molecule has 0 unspecified atom stereocenters. The molecule has 0 aromatic heterocycles. The Balaban J connectivity index is 0.000000219. The van der Waals surface area contributed by atoms with Gasteiger partial charge in [-0.15, -0.1) is 12.4 Å². The zero-order valence-corrected chi connectivity index (χ0v) is 31.9. The summed E-state index contributed by atoms with van der Waals surface area (Å²) in [5.41, 5.74) is 16.4. The van der Waals surface area contributed by atoms with Crippen molar-refractivity contribution >= 4 is 48.6 Å². The van der Waals surface area contributed by atoms with Crippen molar-refractivity contribution in [1.29, 1.82) is 5.41 Å². The van der Waals surface area contributed by atoms with Crippen LogP contribution in [0.1, 0.15) is 89.0 Å². The summed E-state index contributed by atoms with van der Waals surface area (Å²) in [5.74, 6) is 0.500. The molecule has 2 aliphatic carbocycles. The van der Waals surface area contributed by atoms with Crippen molar-refractivity contribution in [3.05, 3.63) is 142 Å². The number of hydrogen-bond donors (Lipinski definition) is 4. The average Bonchev–Trinajstić information content (AvgIpc) is 3.41. The molecular weight excluding hydrogens is 666 g/mol. The van der Waals surface area contributed by atoms with Gasteiger partial charge in [-0.25, -0.2) is 0 Å². The third-order valence-corrected chi connectivity index (χ3v) is 9.29. The molecule has 4 aromatic rings. The van der Waals surface area contributed by atoms with E-state index in [0.29, 0.717) is 18.4 Å². The number of carbonyl (C=O) groups excluding carboxylic acids is 1. The minimum atomic E-state index is -0.370. The zero-order chi connectivity index (χ0) is 36.4. The van der Waals surface area contributed by atoms with Gasteiger partial charge in [-0.2, -0.15) is 0 Å². The molecule has 0 atom stereocenters. The van der Waals surface area contributed by atoms with Gasteiger partial charge in [0, 0.05) is 18.9 Å². The van der Waals surface area contributed by atoms with Crippen molar-refractivity contribution in [3.63, 3.8) is 0 Å². The summed E-state index contributed by atoms with van der Waals surface area (Å²) in [6, 6.07) is 35.2. The van der Waals surface area contributed by atoms with Crippen LogP contribution in [0.25, 0.3) is 24.3 Å². The average molecular weight is 722 g/mol. The number of ether oxygens (including phenoxy) is 1. The van der Waals surface area contributed by atoms with E-state index in [2.05, 4.69) is 137 Å². The predicted molar refractivity (Wildman–Crippen MR) is 222 cm³/mol. The van der Waals surface area contributed by atoms with Crippen LogP contribution >= 0.6 is 12.4 Å². The van der Waals surface area contributed by atoms with Crippen molar-refractivity contribution < 1.29 is 9.53 Å². The first-order valence-corrected chi connectivity index (χ1v) is 18.1. The van der Waals surface area contributed by atoms with E-state index in [-0.39, 0.29) is 30.9 Å². The second kappa shape index (κ2) is 22.3. The molecule has 52 heavy (non-hydrogen) atoms. The fourth-order valence-corrected chi connectivity index (χ4v) is 6.69. The number of carbonyl (C=O) groups is 1. The molecule has 4 aromatic carbocycles. The summed E-state index contributed by atoms with van der Waals surface area (Å²) < 4.78 is 4.63. The topological polar surface area (TPSA) is 103 Å². The van der Waals surface area contributed by atoms with Crippen LogP contribution in [-0.2, 0) is 9.53 Å². The van der Waals surface area contributed by atoms with E-state index in [0.717, 1.165) is 13.1 Å². The van der Waals surface area contributed by atoms with Crippen LogP contribution in [0.5, 0.6) is 0 Å². The van der Waals surface area contributed by atoms with E-state index in [1.54, 1.807) is 14.0 Å². The van der Waals surface area contributed by atoms with Crippen LogP contribution < -0.4 is 16.4 Å². The number of rotatable bonds is 11. The number of nitrogens with zero attached hydrogens (tertiary/aromatic N) is 1. The first-order chi connectivity index (χ1) is 24.9. The van der Waals surface area contributed by atoms with Crippen LogP contribution in [0.4, 0.5) is 0 Å². The third-order valence-electron chi connectivity index (χ3n) is 9.29. The maximum Gasteiger partial charge on any atom is 0.325 e. The standard InChI is InChI=1S/2C19H21N.C6H13N3O2.ClH/c2*1-20-14-6-11-19-17-9-4-2-7-15(17)12-13-16-8-3-5-10-18(16)19;1-3-11-5(10)4-9(2)6(7)8;/h2*2-5,7-10,12-13,19-20H,6,11,14H2,1H3;3-4H2,1-2H3,(H3,7,8);1H. The molecule has 0 amide bonds. The number of guanidine groups is 1. The molecule has 0 spiro atoms. The number of hydrogen-bond acceptors (Lipinski definition) is 5. The lowest BCUT2D eigenvalue weighted by Crippen LogP contribution is -2.37. The quantitative estimate of drug-likeness (QED) is 0.0537. The van der Waals surface area contributed by atoms with Gasteiger partial charge in [0.2, 0.25) is 0 Å². The summed E-state index contributed by atoms with van der Waals surface area (Å²) in [7, 11) is 5.60. The summed E-state index contributed by atoms with van der Waals surface area (Å²) in [6.45, 7) is 4.27. The van der Waals surface area contributed by atoms with Gasteiger partial charge < -0.3 is 26.0 Å². The lowest BCUT2D eigenvalue weighted by Gasteiger charge is -2.20. The molecule has 0 saturated carbocycles. The minimum Gasteiger partial charge on any atom is -0.465 e. The van der Waals surface area contributed by atoms with E-state index in [9.17, 15) is 4.79 Å². The van der Waals surface area contributed by atoms with Crippen LogP contribution in [0, 0.1) is 5.41 Å². The molecule has 5 N–H and O–H groups in total. The lowest BCUT2D eigenvalue weighted by molar-refractivity contribution is -0.143. The molecule has 0 aliphatic heterocycles. The molecule has 6 rings (SSSR count). The van der Waals surface area contributed by atoms with Crippen LogP contribution in [0.15, 0.2) is 97.1 Å². The molecule has 7 nitrogen and oxygen atoms in total. The SMILES string of the molecule is CCOC(=O)CN(C)C(=N)N.CNCCCC1c2ccccc2C=Cc2ccccc21.CNCCCC1c2ccccc2C=Cc2ccccc21.Cl. The monoisotopic (exact) mass is 721 g/mol. The van der Waals surface area contributed by atoms with Crippen molar-refractivity contribution in [2.75, 3.05) is 47.4 Å². The maximum atomic E-state index is 10.7. The molecule has 8 heteroatoms. The first kappa shape index (κ1) is 41.7. The predicted octanol–water partition coefficient (Wildman–Crippen LogP) is 8.40. The fraction of sp³-hybridized carbons (Fsp3) is 0.318. The summed E-state index contributed by atoms with van der Waals surface area (Å²) in [4.78, 5) is 12.0. The lowest BCUT2D eigenvalue weighted by atomic mass is 9.84. The Morgan fingerprint density at radius 1 is 0.673 bits per heavy atom. The molecule has 0 saturated heterocycles. The third kappa shape index (κ3) is 11.9. The second-order valence-electron chi connectivity index (χ2n) is 12.8. The highest BCUT2D eigenvalue weighted by atomic mass is 35.5. The summed E-state index contributed by atoms with van der Waals surface area (Å²) >= 11 is 0. The molecular formula is C44H56ClN5O2. The summed E-state index contributed by atoms with van der Waals surface area (Å²) in [5, 5.41) is 13.4. The number of nitrogens with two attached hydrogens (primary N) is 1. The van der Waals surface area contributed by atoms with Crippen LogP contribution in [-0.4, -0.2) is 64.2 Å². The molecule has 2 aliphatic rings. The number of benzene rings is 4. The zero-order valence-electron chi connectivity index (χ0n) is 31.1. The number of fused-ring (bicyclic) bond motifs is 4. The van der Waals surface area contributed by atoms with Gasteiger partial charge in [0.05, 0.1) is 6.61 Å². The highest BCUT2D eigenvalue weighted by Gasteiger charge is 2.21. The van der Waals surface area contributed by atoms with E-state index in [1.807, 2.05) is 14.1 Å². The number of likely N-dealkylation sites (N-methyl/N-ethyl adjacent to an activating group) is 1. The maximum absolute atomic E-state index is 10.7. The highest BCUT2D eigenvalue weighted by molar-refractivity contribution is 5.85. The fourth-order valence-electron chi connectivity index (χ4n) is 6.69. The number of halogens is 1. The van der Waals surface area contributed by atoms with Crippen molar-refractivity contribution in [2.24, 2.45) is 5.73 Å². The Labute approximate surface area is 317 Å². The van der Waals surface area contributed by atoms with Gasteiger partial charge in [0.25, 0.3) is 0 Å². The Morgan fingerprint density at radius 3 is 1.29 bits per heavy atom. The Bertz CT molecular complexity index is 1560. The van der Waals surface area contributed by atoms with E-state index < -0.39 is 0 Å². The first-order valence-electron chi connectivity index (χ1n) is 18.1. The molecule has 0 heterocycles. The van der Waals surface area contributed by atoms with Gasteiger partial charge in [0.1, 0.15) is 6.54 Å². The molecule has 0 radical (unpaired) electrons. The molecule has 0 bridgehead atoms. The Morgan fingerprint density at radius 2 is 1.00 bits per heavy atom. The Kier molecular flexibility index (Phi) is 17.9. The molecule has 276 valence electrons. The van der Waals surface area contributed by atoms with Gasteiger partial charge in [-0.3, -0.25) is 10.2 Å². The van der Waals surface area contributed by atoms with Crippen LogP contribution in [0.2, 0.25) is 0 Å². The van der Waals surface area contributed by atoms with Crippen molar-refractivity contribution in [3.8, 4) is 0 Å². The van der Waals surface area contributed by atoms with Crippen molar-refractivity contribution in [1.82, 2.24) is 15.5 Å². The number of esters is 1. The van der Waals surface area contributed by atoms with Gasteiger partial charge in [-0.1, -0.05) is 121 Å². The molecule has 0 fully saturated rings. The second-order valence-corrected chi connectivity index (χ2v) is 12.8. The Hall–Kier alpha value is -4.69. The van der Waals surface area contributed by atoms with Gasteiger partial charge in [0.15, 0.2) is 5.96 Å². The normalized spacial score (nSPS) is 12.4. The van der Waals surface area contributed by atoms with Gasteiger partial charge in [-0.05, 0) is 104 Å². The highest BCUT2D eigenvalue weighted by Crippen LogP contribution is 2.38. The van der Waals surface area contributed by atoms with Crippen LogP contribution in [0.3, 0.4) is 0 Å².